The molecule has 0 amide bonds. The molecule has 2 saturated carbocycles. The minimum absolute atomic E-state index is 0.0248. The van der Waals surface area contributed by atoms with Crippen LogP contribution in [0.15, 0.2) is 30.3 Å². The molecule has 1 aromatic carbocycles. The van der Waals surface area contributed by atoms with Gasteiger partial charge in [0.15, 0.2) is 0 Å². The van der Waals surface area contributed by atoms with Crippen molar-refractivity contribution < 1.29 is 66.6 Å². The highest BCUT2D eigenvalue weighted by Gasteiger charge is 2.73. The fourth-order valence-corrected chi connectivity index (χ4v) is 7.38. The Morgan fingerprint density at radius 1 is 1.09 bits per heavy atom. The van der Waals surface area contributed by atoms with Gasteiger partial charge in [0.05, 0.1) is 11.5 Å². The predicted octanol–water partition coefficient (Wildman–Crippen LogP) is 1.53. The Morgan fingerprint density at radius 3 is 2.23 bits per heavy atom. The zero-order chi connectivity index (χ0) is 26.1. The van der Waals surface area contributed by atoms with E-state index in [4.69, 9.17) is 13.5 Å². The number of hydrogen-bond acceptors (Lipinski definition) is 9. The van der Waals surface area contributed by atoms with Gasteiger partial charge in [0.25, 0.3) is 16.2 Å². The number of benzene rings is 1. The second-order valence-corrected chi connectivity index (χ2v) is 11.5. The third-order valence-corrected chi connectivity index (χ3v) is 8.93. The zero-order valence-corrected chi connectivity index (χ0v) is 18.6. The van der Waals surface area contributed by atoms with Crippen molar-refractivity contribution in [2.75, 3.05) is 0 Å². The van der Waals surface area contributed by atoms with Crippen molar-refractivity contribution in [1.82, 2.24) is 0 Å². The molecule has 1 aromatic rings. The average Bonchev–Trinajstić information content (AvgIpc) is 3.33. The molecule has 7 unspecified atom stereocenters. The van der Waals surface area contributed by atoms with Crippen LogP contribution in [-0.4, -0.2) is 68.3 Å². The van der Waals surface area contributed by atoms with Crippen molar-refractivity contribution in [3.8, 4) is 0 Å². The molecule has 17 heteroatoms. The van der Waals surface area contributed by atoms with E-state index < -0.39 is 84.9 Å². The summed E-state index contributed by atoms with van der Waals surface area (Å²) in [5, 5.41) is -7.78. The van der Waals surface area contributed by atoms with Gasteiger partial charge >= 0.3 is 33.5 Å². The van der Waals surface area contributed by atoms with Crippen LogP contribution < -0.4 is 0 Å². The van der Waals surface area contributed by atoms with Crippen molar-refractivity contribution in [3.63, 3.8) is 0 Å². The molecule has 0 radical (unpaired) electrons. The second-order valence-electron chi connectivity index (χ2n) is 8.24. The minimum atomic E-state index is -6.70. The van der Waals surface area contributed by atoms with E-state index in [1.807, 2.05) is 0 Å². The molecule has 2 aliphatic carbocycles. The quantitative estimate of drug-likeness (QED) is 0.239. The summed E-state index contributed by atoms with van der Waals surface area (Å²) in [5.41, 5.74) is 0.0248. The van der Waals surface area contributed by atoms with E-state index in [9.17, 15) is 48.4 Å². The highest BCUT2D eigenvalue weighted by atomic mass is 32.2. The molecule has 1 aliphatic heterocycles. The molecule has 1 saturated heterocycles. The number of rotatable bonds is 6. The Bertz CT molecular complexity index is 1250. The number of hydrogen-bond donors (Lipinski definition) is 1. The molecule has 2 bridgehead atoms. The Kier molecular flexibility index (Phi) is 5.93. The highest BCUT2D eigenvalue weighted by molar-refractivity contribution is 7.87. The summed E-state index contributed by atoms with van der Waals surface area (Å²) in [6.45, 7) is 0. The molecule has 35 heavy (non-hydrogen) atoms. The Labute approximate surface area is 194 Å². The van der Waals surface area contributed by atoms with Crippen molar-refractivity contribution in [1.29, 1.82) is 0 Å². The lowest BCUT2D eigenvalue weighted by atomic mass is 9.84. The van der Waals surface area contributed by atoms with Gasteiger partial charge in [-0.15, -0.1) is 0 Å². The molecule has 10 nitrogen and oxygen atoms in total. The van der Waals surface area contributed by atoms with Crippen LogP contribution in [0, 0.1) is 17.8 Å². The summed E-state index contributed by atoms with van der Waals surface area (Å²) in [4.78, 5) is 25.1. The molecule has 0 spiro atoms. The number of halogens is 5. The van der Waals surface area contributed by atoms with Crippen LogP contribution >= 0.6 is 0 Å². The summed E-state index contributed by atoms with van der Waals surface area (Å²) >= 11 is 0. The fraction of sp³-hybridized carbons (Fsp3) is 0.556. The summed E-state index contributed by atoms with van der Waals surface area (Å²) in [5.74, 6) is -7.45. The van der Waals surface area contributed by atoms with Crippen molar-refractivity contribution in [2.24, 2.45) is 17.8 Å². The third-order valence-electron chi connectivity index (χ3n) is 6.23. The number of fused-ring (bicyclic) bond motifs is 1. The monoisotopic (exact) mass is 550 g/mol. The van der Waals surface area contributed by atoms with Gasteiger partial charge < -0.3 is 9.47 Å². The molecular formula is C18H15F5O10S2. The fourth-order valence-electron chi connectivity index (χ4n) is 4.88. The number of carbonyl (C=O) groups excluding carboxylic acids is 2. The van der Waals surface area contributed by atoms with E-state index in [1.54, 1.807) is 6.07 Å². The van der Waals surface area contributed by atoms with Crippen molar-refractivity contribution in [3.05, 3.63) is 35.9 Å². The van der Waals surface area contributed by atoms with E-state index in [0.717, 1.165) is 0 Å². The van der Waals surface area contributed by atoms with Crippen LogP contribution in [0.4, 0.5) is 22.0 Å². The van der Waals surface area contributed by atoms with Gasteiger partial charge in [0.1, 0.15) is 17.5 Å². The van der Waals surface area contributed by atoms with Crippen molar-refractivity contribution >= 4 is 32.2 Å². The Morgan fingerprint density at radius 2 is 1.69 bits per heavy atom. The maximum Gasteiger partial charge on any atom is 0.432 e. The van der Waals surface area contributed by atoms with E-state index in [-0.39, 0.29) is 12.0 Å². The highest BCUT2D eigenvalue weighted by Crippen LogP contribution is 2.59. The van der Waals surface area contributed by atoms with Gasteiger partial charge in [-0.3, -0.25) is 13.5 Å². The largest absolute Gasteiger partial charge is 0.456 e. The first kappa shape index (κ1) is 25.7. The van der Waals surface area contributed by atoms with E-state index in [1.165, 1.54) is 24.3 Å². The minimum Gasteiger partial charge on any atom is -0.456 e. The average molecular weight is 550 g/mol. The SMILES string of the molecule is O=C(OC1C2CC3C1OS(=O)(=O)C3C2C(=O)OC(C(F)(F)F)C(F)(F)S(=O)(=O)O)c1ccccc1. The Hall–Kier alpha value is -2.37. The second kappa shape index (κ2) is 8.07. The first-order chi connectivity index (χ1) is 16.0. The lowest BCUT2D eigenvalue weighted by Crippen LogP contribution is -2.54. The summed E-state index contributed by atoms with van der Waals surface area (Å²) in [6.07, 6.45) is -13.7. The summed E-state index contributed by atoms with van der Waals surface area (Å²) < 4.78 is 137. The molecule has 0 aromatic heterocycles. The standard InChI is InChI=1S/C18H15F5O10S2/c19-17(20,21)16(18(22,23)35(28,29)30)32-15(25)10-8-6-9-12(33-34(26,27)13(9)10)11(8)31-14(24)7-4-2-1-3-5-7/h1-5,8-13,16H,6H2,(H,28,29,30). The van der Waals surface area contributed by atoms with E-state index in [0.29, 0.717) is 0 Å². The molecule has 194 valence electrons. The van der Waals surface area contributed by atoms with Crippen LogP contribution in [-0.2, 0) is 38.7 Å². The zero-order valence-electron chi connectivity index (χ0n) is 17.0. The third kappa shape index (κ3) is 4.17. The molecule has 3 fully saturated rings. The number of ether oxygens (including phenoxy) is 2. The normalized spacial score (nSPS) is 32.3. The predicted molar refractivity (Wildman–Crippen MR) is 101 cm³/mol. The van der Waals surface area contributed by atoms with E-state index in [2.05, 4.69) is 4.74 Å². The molecule has 1 heterocycles. The maximum absolute atomic E-state index is 13.9. The lowest BCUT2D eigenvalue weighted by molar-refractivity contribution is -0.261. The van der Waals surface area contributed by atoms with E-state index >= 15 is 0 Å². The summed E-state index contributed by atoms with van der Waals surface area (Å²) in [7, 11) is -11.3. The maximum atomic E-state index is 13.9. The van der Waals surface area contributed by atoms with Crippen LogP contribution in [0.3, 0.4) is 0 Å². The first-order valence-corrected chi connectivity index (χ1v) is 12.7. The van der Waals surface area contributed by atoms with Crippen LogP contribution in [0.2, 0.25) is 0 Å². The molecule has 4 rings (SSSR count). The number of alkyl halides is 5. The van der Waals surface area contributed by atoms with Gasteiger partial charge in [-0.05, 0) is 18.6 Å². The van der Waals surface area contributed by atoms with Gasteiger partial charge in [-0.25, -0.2) is 4.79 Å². The molecule has 3 aliphatic rings. The number of carbonyl (C=O) groups is 2. The van der Waals surface area contributed by atoms with Crippen LogP contribution in [0.1, 0.15) is 16.8 Å². The van der Waals surface area contributed by atoms with Crippen LogP contribution in [0.5, 0.6) is 0 Å². The van der Waals surface area contributed by atoms with Crippen LogP contribution in [0.25, 0.3) is 0 Å². The van der Waals surface area contributed by atoms with Gasteiger partial charge in [-0.1, -0.05) is 18.2 Å². The topological polar surface area (TPSA) is 150 Å². The van der Waals surface area contributed by atoms with Crippen molar-refractivity contribution in [2.45, 2.75) is 41.4 Å². The molecule has 1 N–H and O–H groups in total. The van der Waals surface area contributed by atoms with Gasteiger partial charge in [0.2, 0.25) is 0 Å². The smallest absolute Gasteiger partial charge is 0.432 e. The van der Waals surface area contributed by atoms with Gasteiger partial charge in [-0.2, -0.15) is 38.8 Å². The molecular weight excluding hydrogens is 535 g/mol. The molecule has 7 atom stereocenters. The summed E-state index contributed by atoms with van der Waals surface area (Å²) in [6, 6.07) is 7.24. The Balaban J connectivity index is 1.65. The first-order valence-electron chi connectivity index (χ1n) is 9.77. The lowest BCUT2D eigenvalue weighted by Gasteiger charge is -2.32. The number of esters is 2. The van der Waals surface area contributed by atoms with Gasteiger partial charge in [0, 0.05) is 11.8 Å².